The Labute approximate surface area is 108 Å². The number of Topliss-reactive ketones (excluding diaryl/α,β-unsaturated/α-hetero) is 2. The zero-order valence-corrected chi connectivity index (χ0v) is 11.6. The molecule has 0 aliphatic heterocycles. The molecule has 1 fully saturated rings. The van der Waals surface area contributed by atoms with Gasteiger partial charge in [-0.15, -0.1) is 0 Å². The molecule has 0 heterocycles. The summed E-state index contributed by atoms with van der Waals surface area (Å²) in [6.45, 7) is 8.41. The van der Waals surface area contributed by atoms with Crippen LogP contribution in [0.3, 0.4) is 0 Å². The van der Waals surface area contributed by atoms with Gasteiger partial charge in [0.25, 0.3) is 0 Å². The maximum Gasteiger partial charge on any atom is 0.140 e. The van der Waals surface area contributed by atoms with Gasteiger partial charge in [-0.2, -0.15) is 0 Å². The molecule has 2 nitrogen and oxygen atoms in total. The van der Waals surface area contributed by atoms with Crippen molar-refractivity contribution in [3.8, 4) is 0 Å². The van der Waals surface area contributed by atoms with Crippen LogP contribution in [0.2, 0.25) is 0 Å². The van der Waals surface area contributed by atoms with Crippen molar-refractivity contribution in [2.75, 3.05) is 0 Å². The molecule has 2 rings (SSSR count). The summed E-state index contributed by atoms with van der Waals surface area (Å²) in [4.78, 5) is 23.2. The summed E-state index contributed by atoms with van der Waals surface area (Å²) in [7, 11) is 0. The topological polar surface area (TPSA) is 34.1 Å². The zero-order chi connectivity index (χ0) is 13.4. The van der Waals surface area contributed by atoms with Crippen LogP contribution in [-0.2, 0) is 9.59 Å². The van der Waals surface area contributed by atoms with Crippen molar-refractivity contribution < 1.29 is 9.59 Å². The number of carbonyl (C=O) groups excluding carboxylic acids is 2. The highest BCUT2D eigenvalue weighted by atomic mass is 16.1. The number of hydrogen-bond acceptors (Lipinski definition) is 2. The van der Waals surface area contributed by atoms with Crippen LogP contribution < -0.4 is 0 Å². The molecule has 18 heavy (non-hydrogen) atoms. The molecule has 0 N–H and O–H groups in total. The lowest BCUT2D eigenvalue weighted by Crippen LogP contribution is -2.22. The van der Waals surface area contributed by atoms with Gasteiger partial charge in [-0.05, 0) is 61.4 Å². The molecule has 0 aromatic heterocycles. The van der Waals surface area contributed by atoms with Crippen molar-refractivity contribution >= 4 is 11.6 Å². The first kappa shape index (κ1) is 13.0. The summed E-state index contributed by atoms with van der Waals surface area (Å²) in [5.74, 6) is 0.277. The third-order valence-corrected chi connectivity index (χ3v) is 4.17. The number of rotatable bonds is 1. The van der Waals surface area contributed by atoms with Gasteiger partial charge < -0.3 is 0 Å². The molecule has 0 unspecified atom stereocenters. The van der Waals surface area contributed by atoms with Crippen LogP contribution in [0.25, 0.3) is 0 Å². The van der Waals surface area contributed by atoms with Gasteiger partial charge in [0.05, 0.1) is 6.42 Å². The Hall–Kier alpha value is -1.44. The molecule has 0 atom stereocenters. The standard InChI is InChI=1S/C16H20O2/c1-9-5-10(2)16(12(4)11(9)3)13-6-14(17)8-15(18)7-13/h5,13H,6-8H2,1-4H3. The van der Waals surface area contributed by atoms with Crippen molar-refractivity contribution in [1.29, 1.82) is 0 Å². The van der Waals surface area contributed by atoms with Gasteiger partial charge in [-0.3, -0.25) is 9.59 Å². The minimum atomic E-state index is 0.0910. The largest absolute Gasteiger partial charge is 0.299 e. The van der Waals surface area contributed by atoms with Gasteiger partial charge in [-0.1, -0.05) is 6.07 Å². The SMILES string of the molecule is Cc1cc(C)c(C2CC(=O)CC(=O)C2)c(C)c1C. The first-order valence-electron chi connectivity index (χ1n) is 6.50. The normalized spacial score (nSPS) is 17.3. The molecular weight excluding hydrogens is 224 g/mol. The Bertz CT molecular complexity index is 510. The van der Waals surface area contributed by atoms with E-state index in [2.05, 4.69) is 33.8 Å². The Balaban J connectivity index is 2.48. The Kier molecular flexibility index (Phi) is 3.38. The first-order chi connectivity index (χ1) is 8.40. The second kappa shape index (κ2) is 4.68. The number of benzene rings is 1. The predicted octanol–water partition coefficient (Wildman–Crippen LogP) is 3.33. The van der Waals surface area contributed by atoms with Crippen molar-refractivity contribution in [1.82, 2.24) is 0 Å². The molecule has 1 aliphatic rings. The van der Waals surface area contributed by atoms with Crippen LogP contribution in [0.4, 0.5) is 0 Å². The Morgan fingerprint density at radius 2 is 1.44 bits per heavy atom. The fourth-order valence-electron chi connectivity index (χ4n) is 3.12. The third kappa shape index (κ3) is 2.24. The van der Waals surface area contributed by atoms with Crippen molar-refractivity contribution in [3.63, 3.8) is 0 Å². The van der Waals surface area contributed by atoms with E-state index in [9.17, 15) is 9.59 Å². The highest BCUT2D eigenvalue weighted by Crippen LogP contribution is 2.35. The van der Waals surface area contributed by atoms with E-state index in [-0.39, 0.29) is 23.9 Å². The van der Waals surface area contributed by atoms with Crippen LogP contribution in [0.1, 0.15) is 53.0 Å². The average Bonchev–Trinajstić information content (AvgIpc) is 2.24. The first-order valence-corrected chi connectivity index (χ1v) is 6.50. The lowest BCUT2D eigenvalue weighted by Gasteiger charge is -2.25. The summed E-state index contributed by atoms with van der Waals surface area (Å²) < 4.78 is 0. The molecule has 0 saturated heterocycles. The quantitative estimate of drug-likeness (QED) is 0.710. The van der Waals surface area contributed by atoms with Gasteiger partial charge in [0.1, 0.15) is 11.6 Å². The molecule has 96 valence electrons. The van der Waals surface area contributed by atoms with E-state index in [4.69, 9.17) is 0 Å². The van der Waals surface area contributed by atoms with Crippen LogP contribution in [0.5, 0.6) is 0 Å². The van der Waals surface area contributed by atoms with E-state index in [0.717, 1.165) is 0 Å². The van der Waals surface area contributed by atoms with Gasteiger partial charge in [-0.25, -0.2) is 0 Å². The monoisotopic (exact) mass is 244 g/mol. The van der Waals surface area contributed by atoms with E-state index in [1.807, 2.05) is 0 Å². The molecule has 1 aromatic rings. The zero-order valence-electron chi connectivity index (χ0n) is 11.6. The molecule has 0 bridgehead atoms. The highest BCUT2D eigenvalue weighted by Gasteiger charge is 2.28. The summed E-state index contributed by atoms with van der Waals surface area (Å²) in [5, 5.41) is 0. The van der Waals surface area contributed by atoms with Gasteiger partial charge in [0.2, 0.25) is 0 Å². The predicted molar refractivity (Wildman–Crippen MR) is 72.0 cm³/mol. The van der Waals surface area contributed by atoms with Crippen molar-refractivity contribution in [2.45, 2.75) is 52.9 Å². The molecule has 0 amide bonds. The highest BCUT2D eigenvalue weighted by molar-refractivity contribution is 6.02. The van der Waals surface area contributed by atoms with E-state index in [1.165, 1.54) is 27.8 Å². The minimum absolute atomic E-state index is 0.0910. The number of hydrogen-bond donors (Lipinski definition) is 0. The van der Waals surface area contributed by atoms with Gasteiger partial charge >= 0.3 is 0 Å². The van der Waals surface area contributed by atoms with Crippen LogP contribution in [0, 0.1) is 27.7 Å². The molecule has 0 radical (unpaired) electrons. The lowest BCUT2D eigenvalue weighted by molar-refractivity contribution is -0.130. The summed E-state index contributed by atoms with van der Waals surface area (Å²) >= 11 is 0. The molecule has 0 spiro atoms. The summed E-state index contributed by atoms with van der Waals surface area (Å²) in [6, 6.07) is 2.17. The smallest absolute Gasteiger partial charge is 0.140 e. The number of carbonyl (C=O) groups is 2. The molecule has 1 aromatic carbocycles. The van der Waals surface area contributed by atoms with Gasteiger partial charge in [0, 0.05) is 12.8 Å². The summed E-state index contributed by atoms with van der Waals surface area (Å²) in [6.07, 6.45) is 1.19. The van der Waals surface area contributed by atoms with E-state index >= 15 is 0 Å². The Morgan fingerprint density at radius 3 is 2.00 bits per heavy atom. The van der Waals surface area contributed by atoms with Crippen LogP contribution in [0.15, 0.2) is 6.07 Å². The number of aryl methyl sites for hydroxylation is 2. The van der Waals surface area contributed by atoms with Crippen molar-refractivity contribution in [2.24, 2.45) is 0 Å². The Morgan fingerprint density at radius 1 is 0.889 bits per heavy atom. The van der Waals surface area contributed by atoms with E-state index in [0.29, 0.717) is 12.8 Å². The molecular formula is C16H20O2. The minimum Gasteiger partial charge on any atom is -0.299 e. The maximum atomic E-state index is 11.6. The fourth-order valence-corrected chi connectivity index (χ4v) is 3.12. The number of ketones is 2. The van der Waals surface area contributed by atoms with E-state index < -0.39 is 0 Å². The second-order valence-corrected chi connectivity index (χ2v) is 5.53. The van der Waals surface area contributed by atoms with Crippen LogP contribution >= 0.6 is 0 Å². The average molecular weight is 244 g/mol. The fraction of sp³-hybridized carbons (Fsp3) is 0.500. The maximum absolute atomic E-state index is 11.6. The summed E-state index contributed by atoms with van der Waals surface area (Å²) in [5.41, 5.74) is 6.24. The molecule has 1 aliphatic carbocycles. The molecule has 1 saturated carbocycles. The second-order valence-electron chi connectivity index (χ2n) is 5.53. The van der Waals surface area contributed by atoms with Crippen molar-refractivity contribution in [3.05, 3.63) is 33.9 Å². The van der Waals surface area contributed by atoms with Gasteiger partial charge in [0.15, 0.2) is 0 Å². The van der Waals surface area contributed by atoms with Crippen LogP contribution in [-0.4, -0.2) is 11.6 Å². The lowest BCUT2D eigenvalue weighted by atomic mass is 9.78. The molecule has 2 heteroatoms. The third-order valence-electron chi connectivity index (χ3n) is 4.17. The van der Waals surface area contributed by atoms with E-state index in [1.54, 1.807) is 0 Å².